The smallest absolute Gasteiger partial charge is 0.261 e. The molecule has 0 saturated carbocycles. The van der Waals surface area contributed by atoms with Crippen LogP contribution in [0, 0.1) is 0 Å². The van der Waals surface area contributed by atoms with Crippen LogP contribution in [-0.4, -0.2) is 72.5 Å². The number of aromatic amines is 1. The molecule has 4 N–H and O–H groups in total. The Hall–Kier alpha value is -4.78. The second kappa shape index (κ2) is 9.65. The van der Waals surface area contributed by atoms with Crippen molar-refractivity contribution in [3.63, 3.8) is 0 Å². The molecule has 214 valence electrons. The third-order valence-electron chi connectivity index (χ3n) is 8.38. The third kappa shape index (κ3) is 4.19. The number of hydrogen-bond acceptors (Lipinski definition) is 9. The Bertz CT molecular complexity index is 1920. The molecule has 7 rings (SSSR count). The lowest BCUT2D eigenvalue weighted by atomic mass is 9.87. The minimum atomic E-state index is -3.77. The fourth-order valence-corrected chi connectivity index (χ4v) is 7.58. The van der Waals surface area contributed by atoms with Crippen molar-refractivity contribution in [2.45, 2.75) is 48.6 Å². The van der Waals surface area contributed by atoms with Crippen molar-refractivity contribution in [2.75, 3.05) is 12.0 Å². The van der Waals surface area contributed by atoms with Gasteiger partial charge in [-0.3, -0.25) is 9.78 Å². The fraction of sp³-hybridized carbons (Fsp3) is 0.276. The van der Waals surface area contributed by atoms with Crippen LogP contribution >= 0.6 is 0 Å². The zero-order valence-electron chi connectivity index (χ0n) is 22.7. The summed E-state index contributed by atoms with van der Waals surface area (Å²) in [5, 5.41) is 20.6. The Labute approximate surface area is 241 Å². The Morgan fingerprint density at radius 1 is 1.02 bits per heavy atom. The number of aromatic hydroxyl groups is 1. The minimum Gasteiger partial charge on any atom is -0.493 e. The number of pyridine rings is 1. The van der Waals surface area contributed by atoms with Crippen LogP contribution in [0.25, 0.3) is 28.0 Å². The molecule has 2 aliphatic heterocycles. The largest absolute Gasteiger partial charge is 0.493 e. The standard InChI is InChI=1S/C29H28N8O4S/c1-42(40,41)25-24(18-11-19-8-9-20(12-18)36(19)29(39)22-14-32-35-28(22)38)34-27-21(15-33-37(27)26(25)30)17-7-10-23(31-13-17)16-5-3-2-4-6-16/h2-7,10,13-15,18-20H,8-9,11-12,30H2,1H3,(H2,32,35,38)/t18-,19+,20-. The zero-order valence-corrected chi connectivity index (χ0v) is 23.5. The summed E-state index contributed by atoms with van der Waals surface area (Å²) < 4.78 is 27.5. The highest BCUT2D eigenvalue weighted by atomic mass is 32.2. The van der Waals surface area contributed by atoms with Crippen LogP contribution in [0.5, 0.6) is 5.88 Å². The van der Waals surface area contributed by atoms with Gasteiger partial charge in [-0.05, 0) is 31.7 Å². The summed E-state index contributed by atoms with van der Waals surface area (Å²) in [6.07, 6.45) is 8.40. The van der Waals surface area contributed by atoms with E-state index >= 15 is 0 Å². The maximum absolute atomic E-state index is 13.3. The molecule has 0 radical (unpaired) electrons. The van der Waals surface area contributed by atoms with E-state index in [1.165, 1.54) is 10.7 Å². The predicted octanol–water partition coefficient (Wildman–Crippen LogP) is 3.42. The molecule has 4 aromatic heterocycles. The van der Waals surface area contributed by atoms with Gasteiger partial charge in [0.1, 0.15) is 16.3 Å². The first-order valence-corrected chi connectivity index (χ1v) is 15.5. The SMILES string of the molecule is CS(=O)(=O)c1c([C@H]2C[C@H]3CC[C@@H](C2)N3C(=O)c2cn[nH]c2O)nc2c(-c3ccc(-c4ccccc4)nc3)cnn2c1N. The maximum atomic E-state index is 13.3. The molecule has 1 amide bonds. The lowest BCUT2D eigenvalue weighted by molar-refractivity contribution is 0.0565. The number of nitrogens with one attached hydrogen (secondary N) is 1. The Kier molecular flexibility index (Phi) is 6.01. The molecule has 5 aromatic rings. The molecule has 12 nitrogen and oxygen atoms in total. The highest BCUT2D eigenvalue weighted by Crippen LogP contribution is 2.46. The van der Waals surface area contributed by atoms with Crippen molar-refractivity contribution in [2.24, 2.45) is 0 Å². The van der Waals surface area contributed by atoms with Crippen molar-refractivity contribution in [1.29, 1.82) is 0 Å². The van der Waals surface area contributed by atoms with Gasteiger partial charge in [0.2, 0.25) is 5.88 Å². The number of H-pyrrole nitrogens is 1. The number of aromatic nitrogens is 6. The Balaban J connectivity index is 1.28. The third-order valence-corrected chi connectivity index (χ3v) is 9.54. The lowest BCUT2D eigenvalue weighted by Crippen LogP contribution is -2.46. The predicted molar refractivity (Wildman–Crippen MR) is 154 cm³/mol. The topological polar surface area (TPSA) is 172 Å². The molecule has 0 unspecified atom stereocenters. The van der Waals surface area contributed by atoms with Crippen molar-refractivity contribution in [1.82, 2.24) is 34.7 Å². The number of benzene rings is 1. The molecule has 42 heavy (non-hydrogen) atoms. The number of piperidine rings is 1. The first-order valence-electron chi connectivity index (χ1n) is 13.6. The van der Waals surface area contributed by atoms with E-state index in [2.05, 4.69) is 20.3 Å². The number of fused-ring (bicyclic) bond motifs is 3. The van der Waals surface area contributed by atoms with E-state index < -0.39 is 9.84 Å². The van der Waals surface area contributed by atoms with Crippen LogP contribution in [0.2, 0.25) is 0 Å². The van der Waals surface area contributed by atoms with E-state index in [0.29, 0.717) is 29.7 Å². The number of sulfone groups is 1. The summed E-state index contributed by atoms with van der Waals surface area (Å²) in [5.74, 6) is -0.794. The van der Waals surface area contributed by atoms with Gasteiger partial charge >= 0.3 is 0 Å². The highest BCUT2D eigenvalue weighted by Gasteiger charge is 2.46. The van der Waals surface area contributed by atoms with Gasteiger partial charge in [0.25, 0.3) is 5.91 Å². The van der Waals surface area contributed by atoms with Crippen LogP contribution in [0.15, 0.2) is 66.0 Å². The van der Waals surface area contributed by atoms with Gasteiger partial charge in [0.05, 0.1) is 23.8 Å². The van der Waals surface area contributed by atoms with Crippen molar-refractivity contribution < 1.29 is 18.3 Å². The number of nitrogens with zero attached hydrogens (tertiary/aromatic N) is 6. The van der Waals surface area contributed by atoms with Crippen molar-refractivity contribution in [3.05, 3.63) is 72.3 Å². The summed E-state index contributed by atoms with van der Waals surface area (Å²) in [7, 11) is -3.77. The van der Waals surface area contributed by atoms with Crippen LogP contribution in [0.4, 0.5) is 5.82 Å². The average molecular weight is 585 g/mol. The number of carbonyl (C=O) groups excluding carboxylic acids is 1. The minimum absolute atomic E-state index is 0.00628. The van der Waals surface area contributed by atoms with E-state index in [0.717, 1.165) is 35.9 Å². The Morgan fingerprint density at radius 2 is 1.76 bits per heavy atom. The van der Waals surface area contributed by atoms with Gasteiger partial charge in [0, 0.05) is 47.1 Å². The van der Waals surface area contributed by atoms with Gasteiger partial charge < -0.3 is 15.7 Å². The number of anilines is 1. The summed E-state index contributed by atoms with van der Waals surface area (Å²) >= 11 is 0. The first kappa shape index (κ1) is 26.1. The molecular weight excluding hydrogens is 556 g/mol. The van der Waals surface area contributed by atoms with E-state index in [9.17, 15) is 18.3 Å². The molecular formula is C29H28N8O4S. The molecule has 2 aliphatic rings. The van der Waals surface area contributed by atoms with E-state index in [1.807, 2.05) is 42.5 Å². The molecule has 2 saturated heterocycles. The first-order chi connectivity index (χ1) is 20.2. The van der Waals surface area contributed by atoms with E-state index in [4.69, 9.17) is 10.7 Å². The molecule has 0 spiro atoms. The summed E-state index contributed by atoms with van der Waals surface area (Å²) in [5.41, 5.74) is 10.7. The van der Waals surface area contributed by atoms with Crippen LogP contribution < -0.4 is 5.73 Å². The van der Waals surface area contributed by atoms with Gasteiger partial charge in [-0.2, -0.15) is 14.7 Å². The molecule has 0 aliphatic carbocycles. The number of nitrogen functional groups attached to an aromatic ring is 1. The monoisotopic (exact) mass is 584 g/mol. The molecule has 2 fully saturated rings. The molecule has 3 atom stereocenters. The normalized spacial score (nSPS) is 20.3. The number of rotatable bonds is 5. The maximum Gasteiger partial charge on any atom is 0.261 e. The number of amides is 1. The van der Waals surface area contributed by atoms with Crippen molar-refractivity contribution >= 4 is 27.2 Å². The quantitative estimate of drug-likeness (QED) is 0.280. The Morgan fingerprint density at radius 3 is 2.38 bits per heavy atom. The van der Waals surface area contributed by atoms with Crippen molar-refractivity contribution in [3.8, 4) is 28.3 Å². The number of carbonyl (C=O) groups is 1. The van der Waals surface area contributed by atoms with Gasteiger partial charge in [0.15, 0.2) is 15.5 Å². The van der Waals surface area contributed by atoms with Crippen LogP contribution in [0.1, 0.15) is 47.7 Å². The molecule has 1 aromatic carbocycles. The second-order valence-electron chi connectivity index (χ2n) is 11.0. The summed E-state index contributed by atoms with van der Waals surface area (Å²) in [6.45, 7) is 0. The second-order valence-corrected chi connectivity index (χ2v) is 12.9. The number of hydrogen-bond donors (Lipinski definition) is 3. The molecule has 6 heterocycles. The number of nitrogens with two attached hydrogens (primary N) is 1. The van der Waals surface area contributed by atoms with Crippen LogP contribution in [0.3, 0.4) is 0 Å². The molecule has 2 bridgehead atoms. The highest BCUT2D eigenvalue weighted by molar-refractivity contribution is 7.91. The van der Waals surface area contributed by atoms with Gasteiger partial charge in [-0.15, -0.1) is 0 Å². The lowest BCUT2D eigenvalue weighted by Gasteiger charge is -2.39. The van der Waals surface area contributed by atoms with E-state index in [1.54, 1.807) is 17.3 Å². The summed E-state index contributed by atoms with van der Waals surface area (Å²) in [6, 6.07) is 13.4. The van der Waals surface area contributed by atoms with Crippen LogP contribution in [-0.2, 0) is 9.84 Å². The average Bonchev–Trinajstić information content (AvgIpc) is 3.68. The fourth-order valence-electron chi connectivity index (χ4n) is 6.52. The van der Waals surface area contributed by atoms with Gasteiger partial charge in [-0.1, -0.05) is 36.4 Å². The van der Waals surface area contributed by atoms with Gasteiger partial charge in [-0.25, -0.2) is 18.5 Å². The summed E-state index contributed by atoms with van der Waals surface area (Å²) in [4.78, 5) is 24.6. The molecule has 13 heteroatoms. The zero-order chi connectivity index (χ0) is 29.2. The van der Waals surface area contributed by atoms with E-state index in [-0.39, 0.29) is 46.1 Å².